The van der Waals surface area contributed by atoms with Crippen LogP contribution in [0.25, 0.3) is 0 Å². The molecule has 0 saturated heterocycles. The Labute approximate surface area is 112 Å². The molecule has 0 fully saturated rings. The van der Waals surface area contributed by atoms with Crippen LogP contribution in [0, 0.1) is 0 Å². The lowest BCUT2D eigenvalue weighted by atomic mass is 10.3. The van der Waals surface area contributed by atoms with Crippen LogP contribution in [0.3, 0.4) is 0 Å². The van der Waals surface area contributed by atoms with Gasteiger partial charge >= 0.3 is 0 Å². The Morgan fingerprint density at radius 1 is 1.25 bits per heavy atom. The molecule has 0 aliphatic heterocycles. The number of nitrogens with zero attached hydrogens (tertiary/aromatic N) is 1. The van der Waals surface area contributed by atoms with E-state index in [4.69, 9.17) is 0 Å². The second kappa shape index (κ2) is 5.06. The van der Waals surface area contributed by atoms with Gasteiger partial charge in [0.05, 0.1) is 0 Å². The minimum atomic E-state index is 0.834. The Morgan fingerprint density at radius 3 is 2.69 bits per heavy atom. The summed E-state index contributed by atoms with van der Waals surface area (Å²) in [5.74, 6) is 0. The Balaban J connectivity index is 2.04. The number of hydrogen-bond donors (Lipinski definition) is 1. The average Bonchev–Trinajstić information content (AvgIpc) is 2.63. The van der Waals surface area contributed by atoms with Gasteiger partial charge in [0.25, 0.3) is 0 Å². The fraction of sp³-hybridized carbons (Fsp3) is 0.167. The van der Waals surface area contributed by atoms with Crippen LogP contribution in [0.2, 0.25) is 0 Å². The summed E-state index contributed by atoms with van der Waals surface area (Å²) in [4.78, 5) is 0. The molecule has 0 spiro atoms. The Hall–Kier alpha value is -0.740. The van der Waals surface area contributed by atoms with Crippen molar-refractivity contribution in [3.8, 4) is 0 Å². The van der Waals surface area contributed by atoms with Crippen molar-refractivity contribution < 1.29 is 0 Å². The van der Waals surface area contributed by atoms with E-state index in [9.17, 15) is 0 Å². The van der Waals surface area contributed by atoms with Crippen molar-refractivity contribution in [1.29, 1.82) is 0 Å². The van der Waals surface area contributed by atoms with Gasteiger partial charge in [0.1, 0.15) is 0 Å². The van der Waals surface area contributed by atoms with E-state index in [2.05, 4.69) is 55.5 Å². The van der Waals surface area contributed by atoms with Gasteiger partial charge in [-0.2, -0.15) is 0 Å². The fourth-order valence-electron chi connectivity index (χ4n) is 1.50. The summed E-state index contributed by atoms with van der Waals surface area (Å²) in [6.45, 7) is 0.834. The number of anilines is 1. The van der Waals surface area contributed by atoms with Crippen molar-refractivity contribution >= 4 is 37.5 Å². The molecule has 2 aromatic rings. The van der Waals surface area contributed by atoms with Crippen LogP contribution < -0.4 is 5.32 Å². The van der Waals surface area contributed by atoms with E-state index in [-0.39, 0.29) is 0 Å². The van der Waals surface area contributed by atoms with Gasteiger partial charge in [-0.15, -0.1) is 0 Å². The molecule has 0 amide bonds. The quantitative estimate of drug-likeness (QED) is 0.885. The molecule has 2 rings (SSSR count). The predicted octanol–water partition coefficient (Wildman–Crippen LogP) is 4.16. The average molecular weight is 344 g/mol. The standard InChI is InChI=1S/C12H12Br2N2/c1-16-5-4-9(8-16)7-15-12-3-2-10(13)6-11(12)14/h2-6,8,15H,7H2,1H3. The lowest BCUT2D eigenvalue weighted by Gasteiger charge is -2.07. The number of hydrogen-bond acceptors (Lipinski definition) is 1. The molecule has 0 aliphatic rings. The Kier molecular flexibility index (Phi) is 3.71. The fourth-order valence-corrected chi connectivity index (χ4v) is 2.68. The third-order valence-electron chi connectivity index (χ3n) is 2.31. The molecule has 16 heavy (non-hydrogen) atoms. The van der Waals surface area contributed by atoms with Gasteiger partial charge in [-0.25, -0.2) is 0 Å². The van der Waals surface area contributed by atoms with Gasteiger partial charge in [0.2, 0.25) is 0 Å². The first-order valence-electron chi connectivity index (χ1n) is 4.95. The molecule has 0 saturated carbocycles. The van der Waals surface area contributed by atoms with Crippen molar-refractivity contribution in [3.63, 3.8) is 0 Å². The number of aryl methyl sites for hydroxylation is 1. The summed E-state index contributed by atoms with van der Waals surface area (Å²) in [6, 6.07) is 8.22. The lowest BCUT2D eigenvalue weighted by molar-refractivity contribution is 0.920. The lowest BCUT2D eigenvalue weighted by Crippen LogP contribution is -1.99. The number of benzene rings is 1. The largest absolute Gasteiger partial charge is 0.380 e. The second-order valence-electron chi connectivity index (χ2n) is 3.66. The molecular weight excluding hydrogens is 332 g/mol. The van der Waals surface area contributed by atoms with E-state index in [1.54, 1.807) is 0 Å². The van der Waals surface area contributed by atoms with Crippen LogP contribution in [0.15, 0.2) is 45.6 Å². The molecule has 1 heterocycles. The van der Waals surface area contributed by atoms with Crippen molar-refractivity contribution in [2.24, 2.45) is 7.05 Å². The van der Waals surface area contributed by atoms with Gasteiger partial charge < -0.3 is 9.88 Å². The van der Waals surface area contributed by atoms with Gasteiger partial charge in [-0.1, -0.05) is 15.9 Å². The van der Waals surface area contributed by atoms with Crippen LogP contribution in [0.5, 0.6) is 0 Å². The van der Waals surface area contributed by atoms with Crippen LogP contribution in [-0.2, 0) is 13.6 Å². The summed E-state index contributed by atoms with van der Waals surface area (Å²) in [5.41, 5.74) is 2.38. The summed E-state index contributed by atoms with van der Waals surface area (Å²) >= 11 is 6.96. The van der Waals surface area contributed by atoms with Crippen molar-refractivity contribution in [3.05, 3.63) is 51.2 Å². The molecule has 4 heteroatoms. The highest BCUT2D eigenvalue weighted by Gasteiger charge is 2.00. The Bertz CT molecular complexity index is 492. The number of aromatic nitrogens is 1. The molecule has 0 bridgehead atoms. The predicted molar refractivity (Wildman–Crippen MR) is 74.6 cm³/mol. The Morgan fingerprint density at radius 2 is 2.06 bits per heavy atom. The van der Waals surface area contributed by atoms with E-state index in [0.717, 1.165) is 21.2 Å². The zero-order chi connectivity index (χ0) is 11.5. The van der Waals surface area contributed by atoms with Gasteiger partial charge in [-0.3, -0.25) is 0 Å². The highest BCUT2D eigenvalue weighted by Crippen LogP contribution is 2.26. The van der Waals surface area contributed by atoms with Crippen molar-refractivity contribution in [2.45, 2.75) is 6.54 Å². The molecule has 84 valence electrons. The monoisotopic (exact) mass is 342 g/mol. The first-order valence-corrected chi connectivity index (χ1v) is 6.53. The highest BCUT2D eigenvalue weighted by atomic mass is 79.9. The van der Waals surface area contributed by atoms with E-state index in [0.29, 0.717) is 0 Å². The molecule has 0 aliphatic carbocycles. The first-order chi connectivity index (χ1) is 7.65. The third-order valence-corrected chi connectivity index (χ3v) is 3.46. The van der Waals surface area contributed by atoms with Gasteiger partial charge in [0, 0.05) is 40.6 Å². The minimum absolute atomic E-state index is 0.834. The van der Waals surface area contributed by atoms with Gasteiger partial charge in [-0.05, 0) is 45.8 Å². The van der Waals surface area contributed by atoms with E-state index >= 15 is 0 Å². The van der Waals surface area contributed by atoms with Crippen LogP contribution in [-0.4, -0.2) is 4.57 Å². The highest BCUT2D eigenvalue weighted by molar-refractivity contribution is 9.11. The minimum Gasteiger partial charge on any atom is -0.380 e. The number of halogens is 2. The summed E-state index contributed by atoms with van der Waals surface area (Å²) < 4.78 is 4.19. The number of rotatable bonds is 3. The van der Waals surface area contributed by atoms with Crippen molar-refractivity contribution in [2.75, 3.05) is 5.32 Å². The summed E-state index contributed by atoms with van der Waals surface area (Å²) in [6.07, 6.45) is 4.16. The zero-order valence-corrected chi connectivity index (χ0v) is 12.0. The SMILES string of the molecule is Cn1ccc(CNc2ccc(Br)cc2Br)c1. The molecule has 0 atom stereocenters. The van der Waals surface area contributed by atoms with E-state index in [1.807, 2.05) is 29.9 Å². The summed E-state index contributed by atoms with van der Waals surface area (Å²) in [5, 5.41) is 3.39. The van der Waals surface area contributed by atoms with Crippen molar-refractivity contribution in [1.82, 2.24) is 4.57 Å². The second-order valence-corrected chi connectivity index (χ2v) is 5.43. The van der Waals surface area contributed by atoms with E-state index < -0.39 is 0 Å². The first kappa shape index (κ1) is 11.7. The topological polar surface area (TPSA) is 17.0 Å². The maximum Gasteiger partial charge on any atom is 0.0488 e. The summed E-state index contributed by atoms with van der Waals surface area (Å²) in [7, 11) is 2.03. The van der Waals surface area contributed by atoms with Crippen LogP contribution in [0.1, 0.15) is 5.56 Å². The maximum absolute atomic E-state index is 3.53. The van der Waals surface area contributed by atoms with Crippen LogP contribution >= 0.6 is 31.9 Å². The molecule has 1 N–H and O–H groups in total. The molecule has 1 aromatic carbocycles. The zero-order valence-electron chi connectivity index (χ0n) is 8.87. The smallest absolute Gasteiger partial charge is 0.0488 e. The van der Waals surface area contributed by atoms with Gasteiger partial charge in [0.15, 0.2) is 0 Å². The maximum atomic E-state index is 3.53. The molecule has 0 unspecified atom stereocenters. The molecule has 1 aromatic heterocycles. The molecule has 2 nitrogen and oxygen atoms in total. The normalized spacial score (nSPS) is 10.4. The molecular formula is C12H12Br2N2. The number of nitrogens with one attached hydrogen (secondary N) is 1. The molecule has 0 radical (unpaired) electrons. The van der Waals surface area contributed by atoms with E-state index in [1.165, 1.54) is 5.56 Å². The van der Waals surface area contributed by atoms with Crippen LogP contribution in [0.4, 0.5) is 5.69 Å². The third kappa shape index (κ3) is 2.89.